The Morgan fingerprint density at radius 2 is 1.92 bits per heavy atom. The van der Waals surface area contributed by atoms with Gasteiger partial charge in [0.1, 0.15) is 0 Å². The van der Waals surface area contributed by atoms with Crippen LogP contribution in [-0.4, -0.2) is 42.1 Å². The van der Waals surface area contributed by atoms with E-state index < -0.39 is 5.97 Å². The zero-order chi connectivity index (χ0) is 17.8. The fraction of sp³-hybridized carbons (Fsp3) is 0.300. The van der Waals surface area contributed by atoms with Gasteiger partial charge in [0.2, 0.25) is 0 Å². The fourth-order valence-electron chi connectivity index (χ4n) is 3.04. The Hall–Kier alpha value is -2.66. The Bertz CT molecular complexity index is 764. The van der Waals surface area contributed by atoms with Crippen LogP contribution >= 0.6 is 0 Å². The summed E-state index contributed by atoms with van der Waals surface area (Å²) >= 11 is 0. The number of rotatable bonds is 5. The van der Waals surface area contributed by atoms with Gasteiger partial charge in [-0.15, -0.1) is 0 Å². The highest BCUT2D eigenvalue weighted by molar-refractivity contribution is 5.94. The molecule has 130 valence electrons. The smallest absolute Gasteiger partial charge is 0.335 e. The first kappa shape index (κ1) is 17.2. The third-order valence-corrected chi connectivity index (χ3v) is 4.50. The molecular formula is C20H21NO4. The van der Waals surface area contributed by atoms with Crippen molar-refractivity contribution in [3.05, 3.63) is 70.8 Å². The van der Waals surface area contributed by atoms with Crippen LogP contribution in [-0.2, 0) is 11.3 Å². The monoisotopic (exact) mass is 339 g/mol. The average Bonchev–Trinajstić information content (AvgIpc) is 3.16. The Kier molecular flexibility index (Phi) is 5.14. The van der Waals surface area contributed by atoms with Crippen molar-refractivity contribution in [3.63, 3.8) is 0 Å². The molecule has 0 bridgehead atoms. The molecular weight excluding hydrogens is 318 g/mol. The second-order valence-electron chi connectivity index (χ2n) is 6.35. The minimum absolute atomic E-state index is 0.0527. The van der Waals surface area contributed by atoms with Crippen LogP contribution in [0.3, 0.4) is 0 Å². The van der Waals surface area contributed by atoms with E-state index in [-0.39, 0.29) is 11.5 Å². The highest BCUT2D eigenvalue weighted by Crippen LogP contribution is 2.26. The Morgan fingerprint density at radius 1 is 1.16 bits per heavy atom. The van der Waals surface area contributed by atoms with E-state index in [1.807, 2.05) is 24.3 Å². The van der Waals surface area contributed by atoms with Crippen molar-refractivity contribution in [2.45, 2.75) is 18.9 Å². The zero-order valence-corrected chi connectivity index (χ0v) is 14.1. The Labute approximate surface area is 146 Å². The van der Waals surface area contributed by atoms with E-state index in [1.165, 1.54) is 0 Å². The van der Waals surface area contributed by atoms with Gasteiger partial charge in [-0.25, -0.2) is 4.79 Å². The molecule has 25 heavy (non-hydrogen) atoms. The van der Waals surface area contributed by atoms with E-state index in [4.69, 9.17) is 9.84 Å². The summed E-state index contributed by atoms with van der Waals surface area (Å²) in [5, 5.41) is 8.94. The van der Waals surface area contributed by atoms with Crippen LogP contribution in [0.25, 0.3) is 0 Å². The molecule has 1 N–H and O–H groups in total. The van der Waals surface area contributed by atoms with Crippen molar-refractivity contribution in [2.75, 3.05) is 20.3 Å². The molecule has 0 unspecified atom stereocenters. The molecule has 5 nitrogen and oxygen atoms in total. The maximum atomic E-state index is 12.7. The van der Waals surface area contributed by atoms with E-state index >= 15 is 0 Å². The van der Waals surface area contributed by atoms with Gasteiger partial charge in [-0.2, -0.15) is 0 Å². The maximum absolute atomic E-state index is 12.7. The van der Waals surface area contributed by atoms with Gasteiger partial charge in [0.25, 0.3) is 5.91 Å². The molecule has 1 saturated heterocycles. The quantitative estimate of drug-likeness (QED) is 0.909. The largest absolute Gasteiger partial charge is 0.478 e. The molecule has 0 radical (unpaired) electrons. The summed E-state index contributed by atoms with van der Waals surface area (Å²) in [5.41, 5.74) is 2.93. The summed E-state index contributed by atoms with van der Waals surface area (Å²) in [5.74, 6) is -0.645. The molecule has 0 aromatic heterocycles. The van der Waals surface area contributed by atoms with Crippen molar-refractivity contribution in [1.82, 2.24) is 4.90 Å². The minimum Gasteiger partial charge on any atom is -0.478 e. The van der Waals surface area contributed by atoms with Crippen LogP contribution < -0.4 is 0 Å². The van der Waals surface area contributed by atoms with Crippen LogP contribution in [0.5, 0.6) is 0 Å². The molecule has 2 aromatic rings. The minimum atomic E-state index is -0.955. The van der Waals surface area contributed by atoms with Crippen LogP contribution in [0.2, 0.25) is 0 Å². The summed E-state index contributed by atoms with van der Waals surface area (Å²) < 4.78 is 5.43. The maximum Gasteiger partial charge on any atom is 0.335 e. The van der Waals surface area contributed by atoms with Gasteiger partial charge < -0.3 is 14.7 Å². The highest BCUT2D eigenvalue weighted by atomic mass is 16.5. The summed E-state index contributed by atoms with van der Waals surface area (Å²) in [4.78, 5) is 25.2. The van der Waals surface area contributed by atoms with E-state index in [1.54, 1.807) is 36.2 Å². The zero-order valence-electron chi connectivity index (χ0n) is 14.1. The summed E-state index contributed by atoms with van der Waals surface area (Å²) in [6, 6.07) is 14.3. The molecule has 1 aliphatic heterocycles. The van der Waals surface area contributed by atoms with Gasteiger partial charge in [-0.1, -0.05) is 24.3 Å². The van der Waals surface area contributed by atoms with Crippen LogP contribution in [0, 0.1) is 0 Å². The number of hydrogen-bond donors (Lipinski definition) is 1. The lowest BCUT2D eigenvalue weighted by Crippen LogP contribution is -2.26. The van der Waals surface area contributed by atoms with Gasteiger partial charge in [-0.3, -0.25) is 4.79 Å². The second-order valence-corrected chi connectivity index (χ2v) is 6.35. The Morgan fingerprint density at radius 3 is 2.56 bits per heavy atom. The number of amides is 1. The number of carbonyl (C=O) groups is 2. The van der Waals surface area contributed by atoms with Gasteiger partial charge in [0.05, 0.1) is 12.2 Å². The summed E-state index contributed by atoms with van der Waals surface area (Å²) in [6.07, 6.45) is 0.989. The lowest BCUT2D eigenvalue weighted by Gasteiger charge is -2.18. The lowest BCUT2D eigenvalue weighted by molar-refractivity contribution is 0.0695. The Balaban J connectivity index is 1.69. The van der Waals surface area contributed by atoms with Gasteiger partial charge in [0.15, 0.2) is 0 Å². The van der Waals surface area contributed by atoms with Gasteiger partial charge in [-0.05, 0) is 41.8 Å². The van der Waals surface area contributed by atoms with E-state index in [9.17, 15) is 9.59 Å². The van der Waals surface area contributed by atoms with Crippen molar-refractivity contribution >= 4 is 11.9 Å². The molecule has 3 rings (SSSR count). The van der Waals surface area contributed by atoms with Crippen molar-refractivity contribution in [1.29, 1.82) is 0 Å². The number of benzene rings is 2. The first-order valence-electron chi connectivity index (χ1n) is 8.30. The third kappa shape index (κ3) is 4.06. The fourth-order valence-corrected chi connectivity index (χ4v) is 3.04. The number of nitrogens with zero attached hydrogens (tertiary/aromatic N) is 1. The standard InChI is InChI=1S/C20H21NO4/c1-21(12-14-5-7-15(8-6-14)20(23)24)19(22)17-4-2-3-16(11-17)18-9-10-25-13-18/h2-8,11,18H,9-10,12-13H2,1H3,(H,23,24)/t18-/m1/s1. The molecule has 5 heteroatoms. The van der Waals surface area contributed by atoms with Crippen molar-refractivity contribution in [2.24, 2.45) is 0 Å². The number of carboxylic acids is 1. The first-order valence-corrected chi connectivity index (χ1v) is 8.30. The normalized spacial score (nSPS) is 16.6. The number of aromatic carboxylic acids is 1. The molecule has 1 atom stereocenters. The van der Waals surface area contributed by atoms with Crippen LogP contribution in [0.15, 0.2) is 48.5 Å². The predicted molar refractivity (Wildman–Crippen MR) is 93.8 cm³/mol. The number of carboxylic acid groups (broad SMARTS) is 1. The van der Waals surface area contributed by atoms with Gasteiger partial charge in [0, 0.05) is 31.7 Å². The molecule has 0 aliphatic carbocycles. The van der Waals surface area contributed by atoms with Gasteiger partial charge >= 0.3 is 5.97 Å². The molecule has 2 aromatic carbocycles. The number of carbonyl (C=O) groups excluding carboxylic acids is 1. The average molecular weight is 339 g/mol. The number of hydrogen-bond acceptors (Lipinski definition) is 3. The molecule has 0 saturated carbocycles. The van der Waals surface area contributed by atoms with Crippen LogP contribution in [0.1, 0.15) is 44.2 Å². The van der Waals surface area contributed by atoms with Crippen LogP contribution in [0.4, 0.5) is 0 Å². The summed E-state index contributed by atoms with van der Waals surface area (Å²) in [7, 11) is 1.75. The third-order valence-electron chi connectivity index (χ3n) is 4.50. The SMILES string of the molecule is CN(Cc1ccc(C(=O)O)cc1)C(=O)c1cccc([C@@H]2CCOC2)c1. The first-order chi connectivity index (χ1) is 12.0. The van der Waals surface area contributed by atoms with Crippen molar-refractivity contribution < 1.29 is 19.4 Å². The second kappa shape index (κ2) is 7.49. The molecule has 1 heterocycles. The van der Waals surface area contributed by atoms with E-state index in [0.717, 1.165) is 24.2 Å². The van der Waals surface area contributed by atoms with Crippen molar-refractivity contribution in [3.8, 4) is 0 Å². The molecule has 0 spiro atoms. The predicted octanol–water partition coefficient (Wildman–Crippen LogP) is 3.16. The van der Waals surface area contributed by atoms with E-state index in [2.05, 4.69) is 0 Å². The molecule has 1 aliphatic rings. The number of ether oxygens (including phenoxy) is 1. The molecule has 1 fully saturated rings. The summed E-state index contributed by atoms with van der Waals surface area (Å²) in [6.45, 7) is 1.91. The molecule has 1 amide bonds. The topological polar surface area (TPSA) is 66.8 Å². The lowest BCUT2D eigenvalue weighted by atomic mass is 9.96. The highest BCUT2D eigenvalue weighted by Gasteiger charge is 2.20. The van der Waals surface area contributed by atoms with E-state index in [0.29, 0.717) is 24.6 Å².